The molecule has 0 bridgehead atoms. The molecule has 0 aromatic heterocycles. The summed E-state index contributed by atoms with van der Waals surface area (Å²) in [5.41, 5.74) is 1.51. The van der Waals surface area contributed by atoms with E-state index in [1.54, 1.807) is 18.2 Å². The number of amides is 3. The van der Waals surface area contributed by atoms with Crippen molar-refractivity contribution in [2.45, 2.75) is 19.2 Å². The van der Waals surface area contributed by atoms with Gasteiger partial charge in [0.2, 0.25) is 0 Å². The second kappa shape index (κ2) is 8.93. The summed E-state index contributed by atoms with van der Waals surface area (Å²) in [6, 6.07) is 14.5. The van der Waals surface area contributed by atoms with Crippen LogP contribution in [0.15, 0.2) is 54.6 Å². The van der Waals surface area contributed by atoms with E-state index in [0.29, 0.717) is 5.56 Å². The van der Waals surface area contributed by atoms with Gasteiger partial charge in [-0.3, -0.25) is 14.1 Å². The highest BCUT2D eigenvalue weighted by Crippen LogP contribution is 2.16. The molecule has 0 spiro atoms. The predicted octanol–water partition coefficient (Wildman–Crippen LogP) is 0.856. The molecule has 158 valence electrons. The maximum Gasteiger partial charge on any atom is 0.407 e. The maximum atomic E-state index is 12.5. The van der Waals surface area contributed by atoms with Gasteiger partial charge in [-0.15, -0.1) is 0 Å². The van der Waals surface area contributed by atoms with Gasteiger partial charge in [0, 0.05) is 12.1 Å². The molecule has 10 nitrogen and oxygen atoms in total. The molecule has 1 fully saturated rings. The first-order chi connectivity index (χ1) is 14.3. The van der Waals surface area contributed by atoms with Gasteiger partial charge < -0.3 is 15.4 Å². The minimum atomic E-state index is -4.63. The molecule has 1 heterocycles. The predicted molar refractivity (Wildman–Crippen MR) is 104 cm³/mol. The van der Waals surface area contributed by atoms with Crippen LogP contribution >= 0.6 is 0 Å². The molecule has 30 heavy (non-hydrogen) atoms. The van der Waals surface area contributed by atoms with Gasteiger partial charge in [-0.2, -0.15) is 8.42 Å². The highest BCUT2D eigenvalue weighted by molar-refractivity contribution is 7.84. The van der Waals surface area contributed by atoms with E-state index < -0.39 is 34.3 Å². The fourth-order valence-corrected chi connectivity index (χ4v) is 3.48. The fraction of sp³-hybridized carbons (Fsp3) is 0.211. The van der Waals surface area contributed by atoms with Crippen molar-refractivity contribution in [3.63, 3.8) is 0 Å². The number of benzene rings is 2. The number of nitrogens with zero attached hydrogens (tertiary/aromatic N) is 1. The number of rotatable bonds is 7. The number of alkyl carbamates (subject to hydrolysis) is 1. The summed E-state index contributed by atoms with van der Waals surface area (Å²) in [5.74, 6) is -1.54. The average molecular weight is 433 g/mol. The van der Waals surface area contributed by atoms with E-state index in [1.165, 1.54) is 6.07 Å². The number of β-lactam (4-membered cyclic amide) rings is 1. The Morgan fingerprint density at radius 1 is 1.10 bits per heavy atom. The molecule has 3 N–H and O–H groups in total. The van der Waals surface area contributed by atoms with E-state index in [-0.39, 0.29) is 29.6 Å². The third kappa shape index (κ3) is 5.13. The molecule has 1 saturated heterocycles. The molecule has 1 aliphatic heterocycles. The van der Waals surface area contributed by atoms with Crippen molar-refractivity contribution < 1.29 is 32.1 Å². The van der Waals surface area contributed by atoms with Crippen molar-refractivity contribution in [1.29, 1.82) is 0 Å². The third-order valence-electron chi connectivity index (χ3n) is 4.37. The van der Waals surface area contributed by atoms with Crippen LogP contribution in [0.2, 0.25) is 0 Å². The summed E-state index contributed by atoms with van der Waals surface area (Å²) < 4.78 is 36.2. The number of carbonyl (C=O) groups is 3. The Hall–Kier alpha value is -3.44. The summed E-state index contributed by atoms with van der Waals surface area (Å²) in [5, 5.41) is 4.96. The lowest BCUT2D eigenvalue weighted by atomic mass is 10.1. The Kier molecular flexibility index (Phi) is 6.33. The highest BCUT2D eigenvalue weighted by Gasteiger charge is 2.44. The van der Waals surface area contributed by atoms with Crippen LogP contribution in [0.5, 0.6) is 0 Å². The molecule has 11 heteroatoms. The number of hydrogen-bond donors (Lipinski definition) is 3. The largest absolute Gasteiger partial charge is 0.445 e. The highest BCUT2D eigenvalue weighted by atomic mass is 32.2. The second-order valence-corrected chi connectivity index (χ2v) is 7.78. The molecule has 0 radical (unpaired) electrons. The standard InChI is InChI=1S/C19H19N3O7S/c23-17(21-16-11-22(18(16)24)30(26,27)28)15-9-5-4-8-14(15)10-20-19(25)29-12-13-6-2-1-3-7-13/h1-9,16H,10-12H2,(H,20,25)(H,21,23)(H,26,27,28). The van der Waals surface area contributed by atoms with Crippen LogP contribution in [0.3, 0.4) is 0 Å². The molecule has 0 saturated carbocycles. The van der Waals surface area contributed by atoms with Gasteiger partial charge in [-0.25, -0.2) is 9.10 Å². The Balaban J connectivity index is 1.54. The van der Waals surface area contributed by atoms with Gasteiger partial charge in [0.05, 0.1) is 6.54 Å². The van der Waals surface area contributed by atoms with E-state index in [9.17, 15) is 22.8 Å². The number of nitrogens with one attached hydrogen (secondary N) is 2. The smallest absolute Gasteiger partial charge is 0.407 e. The third-order valence-corrected chi connectivity index (χ3v) is 5.26. The summed E-state index contributed by atoms with van der Waals surface area (Å²) >= 11 is 0. The summed E-state index contributed by atoms with van der Waals surface area (Å²) in [4.78, 5) is 36.2. The second-order valence-electron chi connectivity index (χ2n) is 6.45. The monoisotopic (exact) mass is 433 g/mol. The van der Waals surface area contributed by atoms with Crippen molar-refractivity contribution in [3.8, 4) is 0 Å². The quantitative estimate of drug-likeness (QED) is 0.434. The van der Waals surface area contributed by atoms with Crippen molar-refractivity contribution in [2.75, 3.05) is 6.54 Å². The lowest BCUT2D eigenvalue weighted by molar-refractivity contribution is -0.136. The van der Waals surface area contributed by atoms with Crippen LogP contribution in [-0.2, 0) is 33.0 Å². The first kappa shape index (κ1) is 21.3. The first-order valence-electron chi connectivity index (χ1n) is 8.88. The molecule has 2 aromatic rings. The Bertz CT molecular complexity index is 1060. The molecule has 0 aliphatic carbocycles. The molecule has 1 atom stereocenters. The minimum Gasteiger partial charge on any atom is -0.445 e. The van der Waals surface area contributed by atoms with Crippen LogP contribution in [-0.4, -0.2) is 47.8 Å². The van der Waals surface area contributed by atoms with Gasteiger partial charge in [-0.05, 0) is 17.2 Å². The Labute approximate surface area is 172 Å². The van der Waals surface area contributed by atoms with E-state index in [2.05, 4.69) is 10.6 Å². The summed E-state index contributed by atoms with van der Waals surface area (Å²) in [7, 11) is -4.63. The molecule has 3 rings (SSSR count). The topological polar surface area (TPSA) is 142 Å². The molecule has 3 amide bonds. The average Bonchev–Trinajstić information content (AvgIpc) is 2.73. The molecular formula is C19H19N3O7S. The van der Waals surface area contributed by atoms with Crippen LogP contribution in [0.25, 0.3) is 0 Å². The SMILES string of the molecule is O=C(NCc1ccccc1C(=O)NC1CN(S(=O)(=O)O)C1=O)OCc1ccccc1. The number of ether oxygens (including phenoxy) is 1. The maximum absolute atomic E-state index is 12.5. The molecule has 1 aliphatic rings. The van der Waals surface area contributed by atoms with Crippen LogP contribution < -0.4 is 10.6 Å². The number of carbonyl (C=O) groups excluding carboxylic acids is 3. The van der Waals surface area contributed by atoms with E-state index in [1.807, 2.05) is 30.3 Å². The van der Waals surface area contributed by atoms with Crippen molar-refractivity contribution in [2.24, 2.45) is 0 Å². The van der Waals surface area contributed by atoms with Crippen molar-refractivity contribution >= 4 is 28.2 Å². The van der Waals surface area contributed by atoms with Crippen LogP contribution in [0.4, 0.5) is 4.79 Å². The summed E-state index contributed by atoms with van der Waals surface area (Å²) in [6.45, 7) is -0.245. The molecule has 1 unspecified atom stereocenters. The van der Waals surface area contributed by atoms with Gasteiger partial charge >= 0.3 is 16.4 Å². The van der Waals surface area contributed by atoms with Gasteiger partial charge in [0.1, 0.15) is 12.6 Å². The van der Waals surface area contributed by atoms with Gasteiger partial charge in [0.15, 0.2) is 0 Å². The lowest BCUT2D eigenvalue weighted by Crippen LogP contribution is -2.65. The van der Waals surface area contributed by atoms with E-state index >= 15 is 0 Å². The van der Waals surface area contributed by atoms with Gasteiger partial charge in [-0.1, -0.05) is 48.5 Å². The molecular weight excluding hydrogens is 414 g/mol. The van der Waals surface area contributed by atoms with E-state index in [4.69, 9.17) is 9.29 Å². The minimum absolute atomic E-state index is 0.00692. The normalized spacial score (nSPS) is 15.8. The van der Waals surface area contributed by atoms with Gasteiger partial charge in [0.25, 0.3) is 11.8 Å². The van der Waals surface area contributed by atoms with E-state index in [0.717, 1.165) is 5.56 Å². The zero-order valence-electron chi connectivity index (χ0n) is 15.6. The Morgan fingerprint density at radius 2 is 1.77 bits per heavy atom. The number of hydrogen-bond acceptors (Lipinski definition) is 6. The van der Waals surface area contributed by atoms with Crippen molar-refractivity contribution in [1.82, 2.24) is 14.9 Å². The lowest BCUT2D eigenvalue weighted by Gasteiger charge is -2.35. The first-order valence-corrected chi connectivity index (χ1v) is 10.3. The van der Waals surface area contributed by atoms with Crippen LogP contribution in [0, 0.1) is 0 Å². The zero-order valence-corrected chi connectivity index (χ0v) is 16.5. The summed E-state index contributed by atoms with van der Waals surface area (Å²) in [6.07, 6.45) is -0.660. The Morgan fingerprint density at radius 3 is 2.43 bits per heavy atom. The molecule has 2 aromatic carbocycles. The fourth-order valence-electron chi connectivity index (χ4n) is 2.78. The van der Waals surface area contributed by atoms with Crippen LogP contribution in [0.1, 0.15) is 21.5 Å². The zero-order chi connectivity index (χ0) is 21.7. The van der Waals surface area contributed by atoms with Crippen molar-refractivity contribution in [3.05, 3.63) is 71.3 Å².